The van der Waals surface area contributed by atoms with Crippen molar-refractivity contribution < 1.29 is 32.2 Å². The summed E-state index contributed by atoms with van der Waals surface area (Å²) in [7, 11) is 2.00. The molecule has 2 aromatic rings. The highest BCUT2D eigenvalue weighted by Gasteiger charge is 2.41. The summed E-state index contributed by atoms with van der Waals surface area (Å²) >= 11 is 0. The van der Waals surface area contributed by atoms with Crippen LogP contribution in [0.3, 0.4) is 0 Å². The lowest BCUT2D eigenvalue weighted by molar-refractivity contribution is -0.0886. The van der Waals surface area contributed by atoms with Gasteiger partial charge in [0.05, 0.1) is 24.3 Å². The van der Waals surface area contributed by atoms with Gasteiger partial charge < -0.3 is 19.7 Å². The quantitative estimate of drug-likeness (QED) is 0.631. The third-order valence-electron chi connectivity index (χ3n) is 5.13. The van der Waals surface area contributed by atoms with E-state index in [1.54, 1.807) is 19.9 Å². The van der Waals surface area contributed by atoms with Crippen molar-refractivity contribution >= 4 is 17.4 Å². The number of nitrogens with zero attached hydrogens (tertiary/aromatic N) is 1. The highest BCUT2D eigenvalue weighted by atomic mass is 19.4. The van der Waals surface area contributed by atoms with E-state index in [4.69, 9.17) is 9.47 Å². The average Bonchev–Trinajstić information content (AvgIpc) is 2.73. The standard InChI is InChI=1S/C23H25F3N2O4/c1-4-31-19-12-20(32-5-2)17(11-16(19)21(29)23(24,25)26)22(30)27-18-8-6-7-14-13-28(3)10-9-15(14)18/h6-8,11-12H,4-5,9-10,13H2,1-3H3,(H,27,30). The number of hydrogen-bond acceptors (Lipinski definition) is 5. The fraction of sp³-hybridized carbons (Fsp3) is 0.391. The molecule has 1 N–H and O–H groups in total. The second kappa shape index (κ2) is 9.60. The molecule has 0 saturated heterocycles. The lowest BCUT2D eigenvalue weighted by Crippen LogP contribution is -2.28. The molecule has 0 saturated carbocycles. The molecule has 0 fully saturated rings. The molecule has 0 atom stereocenters. The van der Waals surface area contributed by atoms with Crippen molar-refractivity contribution in [3.63, 3.8) is 0 Å². The van der Waals surface area contributed by atoms with Crippen LogP contribution in [0.2, 0.25) is 0 Å². The van der Waals surface area contributed by atoms with E-state index in [0.29, 0.717) is 5.69 Å². The zero-order valence-electron chi connectivity index (χ0n) is 18.1. The van der Waals surface area contributed by atoms with E-state index in [2.05, 4.69) is 10.2 Å². The van der Waals surface area contributed by atoms with Crippen molar-refractivity contribution in [2.75, 3.05) is 32.1 Å². The smallest absolute Gasteiger partial charge is 0.455 e. The largest absolute Gasteiger partial charge is 0.493 e. The first kappa shape index (κ1) is 23.6. The molecule has 1 aliphatic rings. The van der Waals surface area contributed by atoms with Crippen LogP contribution >= 0.6 is 0 Å². The summed E-state index contributed by atoms with van der Waals surface area (Å²) in [5.41, 5.74) is 1.73. The number of carbonyl (C=O) groups is 2. The van der Waals surface area contributed by atoms with E-state index in [-0.39, 0.29) is 30.3 Å². The van der Waals surface area contributed by atoms with Crippen molar-refractivity contribution in [2.45, 2.75) is 33.0 Å². The van der Waals surface area contributed by atoms with Crippen molar-refractivity contribution in [2.24, 2.45) is 0 Å². The average molecular weight is 450 g/mol. The van der Waals surface area contributed by atoms with Crippen LogP contribution in [-0.4, -0.2) is 49.6 Å². The Hall–Kier alpha value is -3.07. The Balaban J connectivity index is 2.03. The van der Waals surface area contributed by atoms with Gasteiger partial charge in [0.1, 0.15) is 11.5 Å². The Morgan fingerprint density at radius 2 is 1.72 bits per heavy atom. The molecule has 172 valence electrons. The monoisotopic (exact) mass is 450 g/mol. The van der Waals surface area contributed by atoms with Crippen LogP contribution in [0.15, 0.2) is 30.3 Å². The fourth-order valence-corrected chi connectivity index (χ4v) is 3.68. The normalized spacial score (nSPS) is 13.9. The minimum Gasteiger partial charge on any atom is -0.493 e. The van der Waals surface area contributed by atoms with Gasteiger partial charge in [-0.3, -0.25) is 9.59 Å². The number of rotatable bonds is 7. The number of alkyl halides is 3. The van der Waals surface area contributed by atoms with Crippen molar-refractivity contribution in [3.8, 4) is 11.5 Å². The van der Waals surface area contributed by atoms with E-state index in [0.717, 1.165) is 42.8 Å². The lowest BCUT2D eigenvalue weighted by Gasteiger charge is -2.27. The minimum atomic E-state index is -5.11. The summed E-state index contributed by atoms with van der Waals surface area (Å²) in [6.07, 6.45) is -4.39. The summed E-state index contributed by atoms with van der Waals surface area (Å²) in [5, 5.41) is 2.79. The van der Waals surface area contributed by atoms with Crippen molar-refractivity contribution in [1.82, 2.24) is 4.90 Å². The van der Waals surface area contributed by atoms with Crippen molar-refractivity contribution in [3.05, 3.63) is 52.6 Å². The maximum atomic E-state index is 13.2. The van der Waals surface area contributed by atoms with Crippen LogP contribution in [0.25, 0.3) is 0 Å². The molecule has 1 amide bonds. The number of likely N-dealkylation sites (N-methyl/N-ethyl adjacent to an activating group) is 1. The number of Topliss-reactive ketones (excluding diaryl/α,β-unsaturated/α-hetero) is 1. The summed E-state index contributed by atoms with van der Waals surface area (Å²) in [6.45, 7) is 5.03. The molecule has 0 spiro atoms. The van der Waals surface area contributed by atoms with Crippen LogP contribution in [0.4, 0.5) is 18.9 Å². The first-order valence-corrected chi connectivity index (χ1v) is 10.3. The number of halogens is 3. The van der Waals surface area contributed by atoms with Crippen LogP contribution in [0.1, 0.15) is 45.7 Å². The predicted octanol–water partition coefficient (Wildman–Crippen LogP) is 4.47. The van der Waals surface area contributed by atoms with E-state index in [1.165, 1.54) is 0 Å². The molecule has 9 heteroatoms. The number of ketones is 1. The Morgan fingerprint density at radius 3 is 2.34 bits per heavy atom. The van der Waals surface area contributed by atoms with E-state index in [9.17, 15) is 22.8 Å². The van der Waals surface area contributed by atoms with Gasteiger partial charge in [0, 0.05) is 24.8 Å². The zero-order valence-corrected chi connectivity index (χ0v) is 18.1. The number of carbonyl (C=O) groups excluding carboxylic acids is 2. The molecule has 1 aliphatic heterocycles. The molecule has 2 aromatic carbocycles. The Bertz CT molecular complexity index is 1020. The topological polar surface area (TPSA) is 67.9 Å². The number of ether oxygens (including phenoxy) is 2. The van der Waals surface area contributed by atoms with E-state index >= 15 is 0 Å². The third kappa shape index (κ3) is 5.04. The predicted molar refractivity (Wildman–Crippen MR) is 114 cm³/mol. The van der Waals surface area contributed by atoms with Crippen LogP contribution in [-0.2, 0) is 13.0 Å². The second-order valence-electron chi connectivity index (χ2n) is 7.42. The maximum Gasteiger partial charge on any atom is 0.455 e. The van der Waals surface area contributed by atoms with E-state index < -0.39 is 23.4 Å². The van der Waals surface area contributed by atoms with Crippen LogP contribution < -0.4 is 14.8 Å². The Labute approximate surface area is 184 Å². The molecular weight excluding hydrogens is 425 g/mol. The van der Waals surface area contributed by atoms with Gasteiger partial charge in [0.25, 0.3) is 11.7 Å². The Kier molecular flexibility index (Phi) is 7.08. The van der Waals surface area contributed by atoms with Gasteiger partial charge in [0.2, 0.25) is 0 Å². The third-order valence-corrected chi connectivity index (χ3v) is 5.13. The number of fused-ring (bicyclic) bond motifs is 1. The molecule has 1 heterocycles. The lowest BCUT2D eigenvalue weighted by atomic mass is 9.97. The number of nitrogens with one attached hydrogen (secondary N) is 1. The van der Waals surface area contributed by atoms with Gasteiger partial charge >= 0.3 is 6.18 Å². The molecule has 3 rings (SSSR count). The maximum absolute atomic E-state index is 13.2. The zero-order chi connectivity index (χ0) is 23.5. The molecule has 0 radical (unpaired) electrons. The second-order valence-corrected chi connectivity index (χ2v) is 7.42. The molecule has 0 unspecified atom stereocenters. The summed E-state index contributed by atoms with van der Waals surface area (Å²) < 4.78 is 50.2. The van der Waals surface area contributed by atoms with Gasteiger partial charge in [-0.05, 0) is 50.6 Å². The van der Waals surface area contributed by atoms with Gasteiger partial charge in [-0.2, -0.15) is 13.2 Å². The summed E-state index contributed by atoms with van der Waals surface area (Å²) in [4.78, 5) is 27.3. The first-order valence-electron chi connectivity index (χ1n) is 10.3. The van der Waals surface area contributed by atoms with E-state index in [1.807, 2.05) is 19.2 Å². The number of anilines is 1. The Morgan fingerprint density at radius 1 is 1.06 bits per heavy atom. The fourth-order valence-electron chi connectivity index (χ4n) is 3.68. The SMILES string of the molecule is CCOc1cc(OCC)c(C(=O)C(F)(F)F)cc1C(=O)Nc1cccc2c1CCN(C)C2. The molecule has 0 aromatic heterocycles. The van der Waals surface area contributed by atoms with Gasteiger partial charge in [-0.25, -0.2) is 0 Å². The summed E-state index contributed by atoms with van der Waals surface area (Å²) in [6, 6.07) is 7.59. The number of hydrogen-bond donors (Lipinski definition) is 1. The van der Waals surface area contributed by atoms with Gasteiger partial charge in [-0.15, -0.1) is 0 Å². The summed E-state index contributed by atoms with van der Waals surface area (Å²) in [5.74, 6) is -3.00. The van der Waals surface area contributed by atoms with Gasteiger partial charge in [0.15, 0.2) is 0 Å². The number of amides is 1. The van der Waals surface area contributed by atoms with Crippen LogP contribution in [0.5, 0.6) is 11.5 Å². The van der Waals surface area contributed by atoms with Crippen molar-refractivity contribution in [1.29, 1.82) is 0 Å². The molecule has 0 bridgehead atoms. The molecular formula is C23H25F3N2O4. The highest BCUT2D eigenvalue weighted by molar-refractivity contribution is 6.10. The molecule has 32 heavy (non-hydrogen) atoms. The minimum absolute atomic E-state index is 0.0386. The van der Waals surface area contributed by atoms with Gasteiger partial charge in [-0.1, -0.05) is 12.1 Å². The number of benzene rings is 2. The molecule has 0 aliphatic carbocycles. The van der Waals surface area contributed by atoms with Crippen LogP contribution in [0, 0.1) is 0 Å². The first-order chi connectivity index (χ1) is 15.2. The molecule has 6 nitrogen and oxygen atoms in total. The highest BCUT2D eigenvalue weighted by Crippen LogP contribution is 2.35.